The van der Waals surface area contributed by atoms with Gasteiger partial charge >= 0.3 is 0 Å². The van der Waals surface area contributed by atoms with E-state index < -0.39 is 15.9 Å². The zero-order chi connectivity index (χ0) is 20.1. The zero-order valence-electron chi connectivity index (χ0n) is 15.9. The van der Waals surface area contributed by atoms with E-state index in [0.29, 0.717) is 30.2 Å². The standard InChI is InChI=1S/C19H24N4O4S/c1-13(2)18-17(21-12-27-18)19(24)22-14-7-6-8-15(11-14)28(25,26)23-16-9-4-3-5-10-20-16/h6-8,11-13H,3-5,9-10H2,1-2H3,(H,20,23)(H,22,24). The number of carbonyl (C=O) groups is 1. The molecule has 2 heterocycles. The first-order chi connectivity index (χ1) is 13.4. The summed E-state index contributed by atoms with van der Waals surface area (Å²) in [7, 11) is -3.78. The summed E-state index contributed by atoms with van der Waals surface area (Å²) < 4.78 is 33.2. The minimum absolute atomic E-state index is 0.000452. The van der Waals surface area contributed by atoms with Crippen LogP contribution in [-0.2, 0) is 10.0 Å². The molecule has 1 aliphatic heterocycles. The molecule has 0 unspecified atom stereocenters. The van der Waals surface area contributed by atoms with Crippen molar-refractivity contribution in [1.82, 2.24) is 9.71 Å². The predicted octanol–water partition coefficient (Wildman–Crippen LogP) is 3.30. The number of sulfonamides is 1. The van der Waals surface area contributed by atoms with E-state index in [9.17, 15) is 13.2 Å². The molecule has 0 bridgehead atoms. The molecular formula is C19H24N4O4S. The van der Waals surface area contributed by atoms with Crippen molar-refractivity contribution < 1.29 is 17.6 Å². The van der Waals surface area contributed by atoms with Gasteiger partial charge in [0.1, 0.15) is 11.6 Å². The Labute approximate surface area is 164 Å². The molecule has 3 rings (SSSR count). The van der Waals surface area contributed by atoms with Gasteiger partial charge in [-0.1, -0.05) is 26.3 Å². The normalized spacial score (nSPS) is 15.0. The van der Waals surface area contributed by atoms with Crippen molar-refractivity contribution in [2.75, 3.05) is 11.9 Å². The van der Waals surface area contributed by atoms with Crippen LogP contribution in [0, 0.1) is 0 Å². The first-order valence-corrected chi connectivity index (χ1v) is 10.8. The molecule has 8 nitrogen and oxygen atoms in total. The Hall–Kier alpha value is -2.68. The van der Waals surface area contributed by atoms with Gasteiger partial charge in [-0.2, -0.15) is 0 Å². The molecule has 1 amide bonds. The number of anilines is 1. The van der Waals surface area contributed by atoms with Crippen LogP contribution in [0.4, 0.5) is 5.69 Å². The number of oxazole rings is 1. The Morgan fingerprint density at radius 1 is 1.21 bits per heavy atom. The van der Waals surface area contributed by atoms with E-state index in [2.05, 4.69) is 20.0 Å². The fraction of sp³-hybridized carbons (Fsp3) is 0.421. The molecular weight excluding hydrogens is 380 g/mol. The molecule has 0 radical (unpaired) electrons. The number of amides is 1. The Morgan fingerprint density at radius 3 is 2.82 bits per heavy atom. The lowest BCUT2D eigenvalue weighted by atomic mass is 10.1. The van der Waals surface area contributed by atoms with Crippen molar-refractivity contribution in [2.24, 2.45) is 4.99 Å². The van der Waals surface area contributed by atoms with Crippen LogP contribution in [0.2, 0.25) is 0 Å². The number of rotatable bonds is 5. The number of nitrogens with zero attached hydrogens (tertiary/aromatic N) is 2. The first-order valence-electron chi connectivity index (χ1n) is 9.28. The van der Waals surface area contributed by atoms with Gasteiger partial charge in [0, 0.05) is 24.6 Å². The zero-order valence-corrected chi connectivity index (χ0v) is 16.8. The highest BCUT2D eigenvalue weighted by Gasteiger charge is 2.21. The minimum atomic E-state index is -3.78. The quantitative estimate of drug-likeness (QED) is 0.794. The number of hydrogen-bond acceptors (Lipinski definition) is 6. The summed E-state index contributed by atoms with van der Waals surface area (Å²) in [5.74, 6) is 0.512. The monoisotopic (exact) mass is 404 g/mol. The van der Waals surface area contributed by atoms with Crippen molar-refractivity contribution in [3.63, 3.8) is 0 Å². The minimum Gasteiger partial charge on any atom is -0.447 e. The topological polar surface area (TPSA) is 114 Å². The molecule has 9 heteroatoms. The molecule has 0 atom stereocenters. The highest BCUT2D eigenvalue weighted by molar-refractivity contribution is 7.90. The third-order valence-electron chi connectivity index (χ3n) is 4.36. The van der Waals surface area contributed by atoms with Crippen LogP contribution in [0.1, 0.15) is 61.7 Å². The van der Waals surface area contributed by atoms with Crippen LogP contribution in [0.3, 0.4) is 0 Å². The lowest BCUT2D eigenvalue weighted by molar-refractivity contribution is 0.102. The summed E-state index contributed by atoms with van der Waals surface area (Å²) in [6.45, 7) is 4.42. The van der Waals surface area contributed by atoms with Crippen LogP contribution in [0.5, 0.6) is 0 Å². The van der Waals surface area contributed by atoms with Crippen molar-refractivity contribution in [2.45, 2.75) is 50.3 Å². The summed E-state index contributed by atoms with van der Waals surface area (Å²) in [5, 5.41) is 2.68. The van der Waals surface area contributed by atoms with Gasteiger partial charge in [-0.25, -0.2) is 13.4 Å². The van der Waals surface area contributed by atoms with E-state index >= 15 is 0 Å². The third-order valence-corrected chi connectivity index (χ3v) is 5.74. The number of aliphatic imine (C=N–C) groups is 1. The Kier molecular flexibility index (Phi) is 6.13. The Morgan fingerprint density at radius 2 is 2.04 bits per heavy atom. The van der Waals surface area contributed by atoms with E-state index in [0.717, 1.165) is 19.3 Å². The van der Waals surface area contributed by atoms with Gasteiger partial charge in [0.15, 0.2) is 12.1 Å². The lowest BCUT2D eigenvalue weighted by Crippen LogP contribution is -2.30. The number of aromatic nitrogens is 1. The van der Waals surface area contributed by atoms with Crippen LogP contribution >= 0.6 is 0 Å². The molecule has 0 fully saturated rings. The van der Waals surface area contributed by atoms with E-state index in [-0.39, 0.29) is 16.5 Å². The second-order valence-corrected chi connectivity index (χ2v) is 8.63. The Balaban J connectivity index is 1.77. The van der Waals surface area contributed by atoms with Crippen molar-refractivity contribution in [3.05, 3.63) is 42.1 Å². The van der Waals surface area contributed by atoms with E-state index in [1.54, 1.807) is 12.1 Å². The molecule has 0 saturated heterocycles. The van der Waals surface area contributed by atoms with E-state index in [4.69, 9.17) is 4.42 Å². The second kappa shape index (κ2) is 8.55. The smallest absolute Gasteiger partial charge is 0.277 e. The van der Waals surface area contributed by atoms with Crippen molar-refractivity contribution in [3.8, 4) is 0 Å². The van der Waals surface area contributed by atoms with E-state index in [1.807, 2.05) is 13.8 Å². The number of carbonyl (C=O) groups excluding carboxylic acids is 1. The predicted molar refractivity (Wildman–Crippen MR) is 106 cm³/mol. The fourth-order valence-corrected chi connectivity index (χ4v) is 4.07. The van der Waals surface area contributed by atoms with Crippen molar-refractivity contribution in [1.29, 1.82) is 0 Å². The van der Waals surface area contributed by atoms with Crippen LogP contribution < -0.4 is 10.0 Å². The second-order valence-electron chi connectivity index (χ2n) is 6.95. The lowest BCUT2D eigenvalue weighted by Gasteiger charge is -2.11. The van der Waals surface area contributed by atoms with Gasteiger partial charge < -0.3 is 9.73 Å². The molecule has 1 aliphatic rings. The first kappa shape index (κ1) is 20.1. The summed E-state index contributed by atoms with van der Waals surface area (Å²) in [6.07, 6.45) is 4.75. The van der Waals surface area contributed by atoms with Gasteiger partial charge in [0.25, 0.3) is 15.9 Å². The van der Waals surface area contributed by atoms with Gasteiger partial charge in [-0.05, 0) is 31.0 Å². The summed E-state index contributed by atoms with van der Waals surface area (Å²) in [6, 6.07) is 6.08. The molecule has 0 aliphatic carbocycles. The number of benzene rings is 1. The summed E-state index contributed by atoms with van der Waals surface area (Å²) >= 11 is 0. The maximum atomic E-state index is 12.7. The molecule has 2 N–H and O–H groups in total. The van der Waals surface area contributed by atoms with Gasteiger partial charge in [0.05, 0.1) is 4.90 Å². The SMILES string of the molecule is CC(C)c1ocnc1C(=O)Nc1cccc(S(=O)(=O)NC2=NCCCCC2)c1. The average Bonchev–Trinajstić information content (AvgIpc) is 3.02. The van der Waals surface area contributed by atoms with Gasteiger partial charge in [-0.15, -0.1) is 0 Å². The van der Waals surface area contributed by atoms with Crippen LogP contribution in [0.15, 0.2) is 45.0 Å². The molecule has 150 valence electrons. The molecule has 0 spiro atoms. The summed E-state index contributed by atoms with van der Waals surface area (Å²) in [4.78, 5) is 20.8. The number of amidine groups is 1. The van der Waals surface area contributed by atoms with Crippen molar-refractivity contribution >= 4 is 27.5 Å². The highest BCUT2D eigenvalue weighted by Crippen LogP contribution is 2.21. The van der Waals surface area contributed by atoms with Crippen LogP contribution in [0.25, 0.3) is 0 Å². The molecule has 28 heavy (non-hydrogen) atoms. The summed E-state index contributed by atoms with van der Waals surface area (Å²) in [5.41, 5.74) is 0.544. The maximum Gasteiger partial charge on any atom is 0.277 e. The van der Waals surface area contributed by atoms with E-state index in [1.165, 1.54) is 18.5 Å². The third kappa shape index (κ3) is 4.78. The molecule has 1 aromatic heterocycles. The molecule has 2 aromatic rings. The Bertz CT molecular complexity index is 979. The fourth-order valence-electron chi connectivity index (χ4n) is 2.94. The van der Waals surface area contributed by atoms with Gasteiger partial charge in [-0.3, -0.25) is 14.5 Å². The molecule has 1 aromatic carbocycles. The number of nitrogens with one attached hydrogen (secondary N) is 2. The molecule has 0 saturated carbocycles. The largest absolute Gasteiger partial charge is 0.447 e. The average molecular weight is 404 g/mol. The highest BCUT2D eigenvalue weighted by atomic mass is 32.2. The maximum absolute atomic E-state index is 12.7. The number of hydrogen-bond donors (Lipinski definition) is 2. The van der Waals surface area contributed by atoms with Gasteiger partial charge in [0.2, 0.25) is 0 Å². The van der Waals surface area contributed by atoms with Crippen LogP contribution in [-0.4, -0.2) is 31.7 Å².